The molecule has 32 heavy (non-hydrogen) atoms. The second-order valence-corrected chi connectivity index (χ2v) is 7.62. The summed E-state index contributed by atoms with van der Waals surface area (Å²) in [6, 6.07) is 14.5. The lowest BCUT2D eigenvalue weighted by atomic mass is 10.1. The zero-order chi connectivity index (χ0) is 22.1. The molecule has 1 heterocycles. The van der Waals surface area contributed by atoms with Crippen LogP contribution in [-0.4, -0.2) is 42.5 Å². The van der Waals surface area contributed by atoms with Gasteiger partial charge in [-0.3, -0.25) is 4.79 Å². The molecular formula is C24H32FIN4O2. The number of para-hydroxylation sites is 1. The molecule has 1 saturated heterocycles. The first-order valence-electron chi connectivity index (χ1n) is 10.8. The number of nitrogens with zero attached hydrogens (tertiary/aromatic N) is 2. The summed E-state index contributed by atoms with van der Waals surface area (Å²) >= 11 is 0. The number of aliphatic imine (C=N–C) groups is 1. The lowest BCUT2D eigenvalue weighted by Gasteiger charge is -2.19. The van der Waals surface area contributed by atoms with E-state index >= 15 is 0 Å². The summed E-state index contributed by atoms with van der Waals surface area (Å²) in [5, 5.41) is 6.48. The Balaban J connectivity index is 0.00000363. The molecule has 2 aromatic rings. The predicted octanol–water partition coefficient (Wildman–Crippen LogP) is 4.09. The van der Waals surface area contributed by atoms with Gasteiger partial charge in [0.15, 0.2) is 17.5 Å². The molecule has 1 aliphatic rings. The van der Waals surface area contributed by atoms with Crippen molar-refractivity contribution in [1.82, 2.24) is 15.5 Å². The third-order valence-electron chi connectivity index (χ3n) is 5.12. The van der Waals surface area contributed by atoms with E-state index in [2.05, 4.69) is 16.7 Å². The monoisotopic (exact) mass is 554 g/mol. The van der Waals surface area contributed by atoms with Crippen molar-refractivity contribution >= 4 is 35.8 Å². The highest BCUT2D eigenvalue weighted by atomic mass is 127. The fourth-order valence-electron chi connectivity index (χ4n) is 3.49. The van der Waals surface area contributed by atoms with E-state index in [-0.39, 0.29) is 47.6 Å². The lowest BCUT2D eigenvalue weighted by Crippen LogP contribution is -2.41. The van der Waals surface area contributed by atoms with Gasteiger partial charge in [0.05, 0.1) is 13.1 Å². The number of nitrogens with one attached hydrogen (secondary N) is 2. The average molecular weight is 554 g/mol. The first-order valence-corrected chi connectivity index (χ1v) is 10.8. The number of benzene rings is 2. The van der Waals surface area contributed by atoms with Crippen LogP contribution in [0, 0.1) is 5.82 Å². The largest absolute Gasteiger partial charge is 0.486 e. The number of carbonyl (C=O) groups excluding carboxylic acids is 1. The van der Waals surface area contributed by atoms with E-state index in [9.17, 15) is 9.18 Å². The van der Waals surface area contributed by atoms with Crippen LogP contribution in [0.5, 0.6) is 5.75 Å². The summed E-state index contributed by atoms with van der Waals surface area (Å²) in [5.74, 6) is 0.753. The molecular weight excluding hydrogens is 522 g/mol. The Hall–Kier alpha value is -2.36. The van der Waals surface area contributed by atoms with Crippen molar-refractivity contribution in [3.8, 4) is 5.75 Å². The van der Waals surface area contributed by atoms with Crippen molar-refractivity contribution in [2.45, 2.75) is 45.9 Å². The number of ether oxygens (including phenoxy) is 1. The number of hydrogen-bond acceptors (Lipinski definition) is 3. The van der Waals surface area contributed by atoms with Crippen LogP contribution in [0.1, 0.15) is 37.8 Å². The van der Waals surface area contributed by atoms with Crippen molar-refractivity contribution in [2.24, 2.45) is 4.99 Å². The highest BCUT2D eigenvalue weighted by Crippen LogP contribution is 2.18. The van der Waals surface area contributed by atoms with Crippen LogP contribution in [0.15, 0.2) is 53.5 Å². The van der Waals surface area contributed by atoms with Crippen LogP contribution in [0.4, 0.5) is 4.39 Å². The van der Waals surface area contributed by atoms with Crippen LogP contribution in [0.2, 0.25) is 0 Å². The van der Waals surface area contributed by atoms with E-state index in [1.54, 1.807) is 18.2 Å². The van der Waals surface area contributed by atoms with E-state index in [4.69, 9.17) is 9.73 Å². The van der Waals surface area contributed by atoms with E-state index in [0.717, 1.165) is 30.6 Å². The van der Waals surface area contributed by atoms with Gasteiger partial charge in [-0.05, 0) is 43.5 Å². The molecule has 2 aromatic carbocycles. The molecule has 1 atom stereocenters. The summed E-state index contributed by atoms with van der Waals surface area (Å²) in [5.41, 5.74) is 2.21. The number of carbonyl (C=O) groups is 1. The van der Waals surface area contributed by atoms with Gasteiger partial charge >= 0.3 is 0 Å². The zero-order valence-corrected chi connectivity index (χ0v) is 21.0. The number of hydrogen-bond donors (Lipinski definition) is 2. The normalized spacial score (nSPS) is 14.7. The maximum Gasteiger partial charge on any atom is 0.222 e. The van der Waals surface area contributed by atoms with Crippen molar-refractivity contribution in [3.63, 3.8) is 0 Å². The van der Waals surface area contributed by atoms with Crippen LogP contribution >= 0.6 is 24.0 Å². The summed E-state index contributed by atoms with van der Waals surface area (Å²) in [6.45, 7) is 7.02. The molecule has 1 unspecified atom stereocenters. The Morgan fingerprint density at radius 3 is 2.56 bits per heavy atom. The first kappa shape index (κ1) is 25.9. The highest BCUT2D eigenvalue weighted by Gasteiger charge is 2.20. The molecule has 0 aromatic heterocycles. The number of likely N-dealkylation sites (tertiary alicyclic amines) is 1. The van der Waals surface area contributed by atoms with Crippen LogP contribution in [0.25, 0.3) is 0 Å². The van der Waals surface area contributed by atoms with Crippen LogP contribution in [0.3, 0.4) is 0 Å². The molecule has 0 saturated carbocycles. The Morgan fingerprint density at radius 1 is 1.16 bits per heavy atom. The molecule has 2 N–H and O–H groups in total. The summed E-state index contributed by atoms with van der Waals surface area (Å²) in [6.07, 6.45) is 1.33. The molecule has 1 aliphatic heterocycles. The van der Waals surface area contributed by atoms with Gasteiger partial charge in [-0.15, -0.1) is 24.0 Å². The van der Waals surface area contributed by atoms with Gasteiger partial charge in [-0.2, -0.15) is 0 Å². The number of guanidine groups is 1. The maximum atomic E-state index is 13.8. The maximum absolute atomic E-state index is 13.8. The summed E-state index contributed by atoms with van der Waals surface area (Å²) < 4.78 is 19.5. The smallest absolute Gasteiger partial charge is 0.222 e. The van der Waals surface area contributed by atoms with Crippen molar-refractivity contribution < 1.29 is 13.9 Å². The third kappa shape index (κ3) is 7.65. The standard InChI is InChI=1S/C24H31FN4O2.HI/c1-3-26-24(27-15-18(2)31-22-12-7-6-11-21(22)25)28-16-19-9-4-5-10-20(19)17-29-14-8-13-23(29)30;/h4-7,9-12,18H,3,8,13-17H2,1-2H3,(H2,26,27,28);1H. The molecule has 3 rings (SSSR count). The first-order chi connectivity index (χ1) is 15.1. The number of rotatable bonds is 9. The number of halogens is 2. The van der Waals surface area contributed by atoms with E-state index in [0.29, 0.717) is 32.0 Å². The Bertz CT molecular complexity index is 909. The van der Waals surface area contributed by atoms with Gasteiger partial charge in [-0.1, -0.05) is 36.4 Å². The Labute approximate surface area is 206 Å². The van der Waals surface area contributed by atoms with Gasteiger partial charge in [0.1, 0.15) is 6.10 Å². The van der Waals surface area contributed by atoms with E-state index in [1.807, 2.05) is 36.9 Å². The van der Waals surface area contributed by atoms with Gasteiger partial charge in [0.25, 0.3) is 0 Å². The molecule has 0 aliphatic carbocycles. The summed E-state index contributed by atoms with van der Waals surface area (Å²) in [7, 11) is 0. The van der Waals surface area contributed by atoms with Gasteiger partial charge in [-0.25, -0.2) is 9.38 Å². The second kappa shape index (κ2) is 13.2. The third-order valence-corrected chi connectivity index (χ3v) is 5.12. The van der Waals surface area contributed by atoms with Crippen molar-refractivity contribution in [1.29, 1.82) is 0 Å². The topological polar surface area (TPSA) is 66.0 Å². The lowest BCUT2D eigenvalue weighted by molar-refractivity contribution is -0.128. The minimum absolute atomic E-state index is 0. The molecule has 0 bridgehead atoms. The van der Waals surface area contributed by atoms with Crippen molar-refractivity contribution in [2.75, 3.05) is 19.6 Å². The SMILES string of the molecule is CCNC(=NCc1ccccc1CN1CCCC1=O)NCC(C)Oc1ccccc1F.I. The highest BCUT2D eigenvalue weighted by molar-refractivity contribution is 14.0. The van der Waals surface area contributed by atoms with Crippen molar-refractivity contribution in [3.05, 3.63) is 65.5 Å². The predicted molar refractivity (Wildman–Crippen MR) is 136 cm³/mol. The molecule has 0 radical (unpaired) electrons. The van der Waals surface area contributed by atoms with E-state index in [1.165, 1.54) is 6.07 Å². The van der Waals surface area contributed by atoms with Crippen LogP contribution < -0.4 is 15.4 Å². The van der Waals surface area contributed by atoms with Gasteiger partial charge < -0.3 is 20.3 Å². The second-order valence-electron chi connectivity index (χ2n) is 7.62. The molecule has 1 amide bonds. The fraction of sp³-hybridized carbons (Fsp3) is 0.417. The minimum Gasteiger partial charge on any atom is -0.486 e. The zero-order valence-electron chi connectivity index (χ0n) is 18.6. The average Bonchev–Trinajstić information content (AvgIpc) is 3.17. The quantitative estimate of drug-likeness (QED) is 0.279. The molecule has 6 nitrogen and oxygen atoms in total. The van der Waals surface area contributed by atoms with Gasteiger partial charge in [0, 0.05) is 26.1 Å². The fourth-order valence-corrected chi connectivity index (χ4v) is 3.49. The summed E-state index contributed by atoms with van der Waals surface area (Å²) in [4.78, 5) is 18.6. The molecule has 8 heteroatoms. The van der Waals surface area contributed by atoms with Gasteiger partial charge in [0.2, 0.25) is 5.91 Å². The molecule has 174 valence electrons. The Kier molecular flexibility index (Phi) is 10.7. The number of amides is 1. The Morgan fingerprint density at radius 2 is 1.88 bits per heavy atom. The van der Waals surface area contributed by atoms with E-state index < -0.39 is 0 Å². The minimum atomic E-state index is -0.372. The molecule has 0 spiro atoms. The van der Waals surface area contributed by atoms with Crippen LogP contribution in [-0.2, 0) is 17.9 Å². The molecule has 1 fully saturated rings.